The molecule has 33 heavy (non-hydrogen) atoms. The van der Waals surface area contributed by atoms with Gasteiger partial charge in [0, 0.05) is 23.4 Å². The second-order valence-electron chi connectivity index (χ2n) is 7.04. The van der Waals surface area contributed by atoms with Crippen LogP contribution in [0, 0.1) is 0 Å². The van der Waals surface area contributed by atoms with Gasteiger partial charge in [0.25, 0.3) is 0 Å². The molecular formula is C21H16F6N4O2. The van der Waals surface area contributed by atoms with Gasteiger partial charge in [-0.15, -0.1) is 5.10 Å². The molecule has 174 valence electrons. The zero-order chi connectivity index (χ0) is 24.4. The summed E-state index contributed by atoms with van der Waals surface area (Å²) in [5.41, 5.74) is -3.04. The summed E-state index contributed by atoms with van der Waals surface area (Å²) < 4.78 is 84.9. The van der Waals surface area contributed by atoms with Crippen LogP contribution in [0.15, 0.2) is 48.9 Å². The van der Waals surface area contributed by atoms with Gasteiger partial charge in [-0.05, 0) is 50.3 Å². The van der Waals surface area contributed by atoms with Gasteiger partial charge >= 0.3 is 18.3 Å². The van der Waals surface area contributed by atoms with Gasteiger partial charge in [0.15, 0.2) is 11.6 Å². The van der Waals surface area contributed by atoms with Crippen LogP contribution in [0.3, 0.4) is 0 Å². The minimum absolute atomic E-state index is 0.0262. The number of nitrogens with zero attached hydrogens (tertiary/aromatic N) is 4. The third-order valence-electron chi connectivity index (χ3n) is 4.12. The van der Waals surface area contributed by atoms with Crippen molar-refractivity contribution in [1.82, 2.24) is 19.7 Å². The van der Waals surface area contributed by atoms with Gasteiger partial charge in [-0.2, -0.15) is 26.3 Å². The van der Waals surface area contributed by atoms with E-state index in [2.05, 4.69) is 15.1 Å². The summed E-state index contributed by atoms with van der Waals surface area (Å²) in [6.45, 7) is 3.35. The average molecular weight is 470 g/mol. The van der Waals surface area contributed by atoms with Crippen LogP contribution in [0.2, 0.25) is 0 Å². The number of rotatable bonds is 5. The number of alkyl halides is 6. The molecule has 2 heterocycles. The highest BCUT2D eigenvalue weighted by Gasteiger charge is 2.37. The molecule has 1 aromatic carbocycles. The van der Waals surface area contributed by atoms with Crippen LogP contribution in [-0.2, 0) is 21.9 Å². The molecule has 0 bridgehead atoms. The Kier molecular flexibility index (Phi) is 6.56. The Balaban J connectivity index is 2.01. The highest BCUT2D eigenvalue weighted by atomic mass is 19.4. The topological polar surface area (TPSA) is 69.9 Å². The van der Waals surface area contributed by atoms with E-state index < -0.39 is 35.0 Å². The molecule has 0 unspecified atom stereocenters. The molecule has 0 spiro atoms. The molecular weight excluding hydrogens is 454 g/mol. The summed E-state index contributed by atoms with van der Waals surface area (Å²) in [6.07, 6.45) is -5.30. The fourth-order valence-electron chi connectivity index (χ4n) is 2.74. The van der Waals surface area contributed by atoms with E-state index in [1.165, 1.54) is 12.3 Å². The predicted molar refractivity (Wildman–Crippen MR) is 105 cm³/mol. The van der Waals surface area contributed by atoms with E-state index in [0.717, 1.165) is 17.1 Å². The number of benzene rings is 1. The Bertz CT molecular complexity index is 1150. The maximum absolute atomic E-state index is 13.1. The number of carbonyl (C=O) groups excluding carboxylic acids is 1. The van der Waals surface area contributed by atoms with Crippen molar-refractivity contribution < 1.29 is 35.9 Å². The van der Waals surface area contributed by atoms with Crippen molar-refractivity contribution in [3.05, 3.63) is 65.6 Å². The smallest absolute Gasteiger partial charge is 0.416 e. The predicted octanol–water partition coefficient (Wildman–Crippen LogP) is 5.33. The molecule has 12 heteroatoms. The SMILES string of the molecule is CC(C)OC(=O)/C=C/c1cccnc1-n1cnc(-c2cc(C(F)(F)F)cc(C(F)(F)F)c2)n1. The maximum atomic E-state index is 13.1. The fourth-order valence-corrected chi connectivity index (χ4v) is 2.74. The molecule has 2 aromatic heterocycles. The van der Waals surface area contributed by atoms with Crippen molar-refractivity contribution >= 4 is 12.0 Å². The van der Waals surface area contributed by atoms with Crippen LogP contribution in [0.5, 0.6) is 0 Å². The first-order valence-corrected chi connectivity index (χ1v) is 9.40. The van der Waals surface area contributed by atoms with Crippen LogP contribution >= 0.6 is 0 Å². The van der Waals surface area contributed by atoms with E-state index >= 15 is 0 Å². The number of hydrogen-bond acceptors (Lipinski definition) is 5. The van der Waals surface area contributed by atoms with Crippen LogP contribution in [0.1, 0.15) is 30.5 Å². The molecule has 0 saturated heterocycles. The zero-order valence-corrected chi connectivity index (χ0v) is 17.1. The van der Waals surface area contributed by atoms with Crippen LogP contribution in [0.25, 0.3) is 23.3 Å². The molecule has 3 aromatic rings. The standard InChI is InChI=1S/C21H16F6N4O2/c1-12(2)33-17(32)6-5-13-4-3-7-28-19(13)31-11-29-18(30-31)14-8-15(20(22,23)24)10-16(9-14)21(25,26)27/h3-12H,1-2H3/b6-5+. The van der Waals surface area contributed by atoms with E-state index in [-0.39, 0.29) is 23.8 Å². The minimum Gasteiger partial charge on any atom is -0.460 e. The Morgan fingerprint density at radius 3 is 2.24 bits per heavy atom. The lowest BCUT2D eigenvalue weighted by Gasteiger charge is -2.13. The summed E-state index contributed by atoms with van der Waals surface area (Å²) in [6, 6.07) is 4.25. The number of aromatic nitrogens is 4. The normalized spacial score (nSPS) is 12.5. The van der Waals surface area contributed by atoms with Crippen molar-refractivity contribution in [2.75, 3.05) is 0 Å². The third kappa shape index (κ3) is 5.96. The number of esters is 1. The fraction of sp³-hybridized carbons (Fsp3) is 0.238. The number of ether oxygens (including phenoxy) is 1. The van der Waals surface area contributed by atoms with Crippen molar-refractivity contribution in [2.24, 2.45) is 0 Å². The largest absolute Gasteiger partial charge is 0.460 e. The van der Waals surface area contributed by atoms with Crippen LogP contribution in [-0.4, -0.2) is 31.8 Å². The van der Waals surface area contributed by atoms with Gasteiger partial charge < -0.3 is 4.74 Å². The highest BCUT2D eigenvalue weighted by Crippen LogP contribution is 2.38. The molecule has 0 amide bonds. The number of halogens is 6. The van der Waals surface area contributed by atoms with Gasteiger partial charge in [0.1, 0.15) is 6.33 Å². The van der Waals surface area contributed by atoms with Crippen molar-refractivity contribution in [3.63, 3.8) is 0 Å². The number of pyridine rings is 1. The number of hydrogen-bond donors (Lipinski definition) is 0. The van der Waals surface area contributed by atoms with Crippen molar-refractivity contribution in [3.8, 4) is 17.2 Å². The minimum atomic E-state index is -5.00. The Labute approximate surface area is 183 Å². The summed E-state index contributed by atoms with van der Waals surface area (Å²) in [4.78, 5) is 19.7. The molecule has 0 aliphatic carbocycles. The second kappa shape index (κ2) is 9.04. The van der Waals surface area contributed by atoms with Crippen LogP contribution < -0.4 is 0 Å². The first kappa shape index (κ1) is 24.0. The summed E-state index contributed by atoms with van der Waals surface area (Å²) in [7, 11) is 0. The molecule has 0 radical (unpaired) electrons. The monoisotopic (exact) mass is 470 g/mol. The Hall–Kier alpha value is -3.70. The quantitative estimate of drug-likeness (QED) is 0.286. The lowest BCUT2D eigenvalue weighted by molar-refractivity contribution is -0.143. The molecule has 3 rings (SSSR count). The van der Waals surface area contributed by atoms with E-state index in [1.54, 1.807) is 26.0 Å². The highest BCUT2D eigenvalue weighted by molar-refractivity contribution is 5.87. The molecule has 0 N–H and O–H groups in total. The summed E-state index contributed by atoms with van der Waals surface area (Å²) in [5, 5.41) is 3.99. The van der Waals surface area contributed by atoms with Gasteiger partial charge in [-0.25, -0.2) is 19.4 Å². The maximum Gasteiger partial charge on any atom is 0.416 e. The first-order valence-electron chi connectivity index (χ1n) is 9.40. The third-order valence-corrected chi connectivity index (χ3v) is 4.12. The van der Waals surface area contributed by atoms with Gasteiger partial charge in [0.05, 0.1) is 17.2 Å². The summed E-state index contributed by atoms with van der Waals surface area (Å²) in [5.74, 6) is -0.831. The molecule has 0 aliphatic heterocycles. The van der Waals surface area contributed by atoms with E-state index in [9.17, 15) is 31.1 Å². The van der Waals surface area contributed by atoms with Gasteiger partial charge in [-0.3, -0.25) is 0 Å². The molecule has 0 saturated carbocycles. The van der Waals surface area contributed by atoms with E-state index in [1.807, 2.05) is 0 Å². The van der Waals surface area contributed by atoms with Gasteiger partial charge in [-0.1, -0.05) is 0 Å². The van der Waals surface area contributed by atoms with Gasteiger partial charge in [0.2, 0.25) is 0 Å². The van der Waals surface area contributed by atoms with E-state index in [0.29, 0.717) is 17.7 Å². The first-order chi connectivity index (χ1) is 15.3. The van der Waals surface area contributed by atoms with Crippen LogP contribution in [0.4, 0.5) is 26.3 Å². The Morgan fingerprint density at radius 2 is 1.67 bits per heavy atom. The number of carbonyl (C=O) groups is 1. The average Bonchev–Trinajstić information content (AvgIpc) is 3.20. The molecule has 0 fully saturated rings. The molecule has 6 nitrogen and oxygen atoms in total. The van der Waals surface area contributed by atoms with E-state index in [4.69, 9.17) is 4.74 Å². The van der Waals surface area contributed by atoms with Crippen molar-refractivity contribution in [1.29, 1.82) is 0 Å². The summed E-state index contributed by atoms with van der Waals surface area (Å²) >= 11 is 0. The second-order valence-corrected chi connectivity index (χ2v) is 7.04. The van der Waals surface area contributed by atoms with Crippen molar-refractivity contribution in [2.45, 2.75) is 32.3 Å². The zero-order valence-electron chi connectivity index (χ0n) is 17.1. The Morgan fingerprint density at radius 1 is 1.03 bits per heavy atom. The lowest BCUT2D eigenvalue weighted by Crippen LogP contribution is -2.11. The molecule has 0 aliphatic rings. The lowest BCUT2D eigenvalue weighted by atomic mass is 10.0. The molecule has 0 atom stereocenters.